The molecule has 1 aliphatic heterocycles. The molecule has 0 aliphatic carbocycles. The van der Waals surface area contributed by atoms with Crippen molar-refractivity contribution in [3.05, 3.63) is 104 Å². The van der Waals surface area contributed by atoms with Gasteiger partial charge in [-0.15, -0.1) is 11.3 Å². The number of thiophene rings is 1. The number of benzene rings is 3. The Balaban J connectivity index is 1.25. The van der Waals surface area contributed by atoms with Gasteiger partial charge >= 0.3 is 5.97 Å². The number of amides is 1. The Kier molecular flexibility index (Phi) is 7.46. The maximum Gasteiger partial charge on any atom is 0.355 e. The molecule has 0 spiro atoms. The first-order valence-corrected chi connectivity index (χ1v) is 13.7. The van der Waals surface area contributed by atoms with Gasteiger partial charge in [-0.2, -0.15) is 0 Å². The number of hydrogen-bond acceptors (Lipinski definition) is 6. The van der Waals surface area contributed by atoms with Gasteiger partial charge in [-0.25, -0.2) is 4.79 Å². The van der Waals surface area contributed by atoms with E-state index in [1.807, 2.05) is 30.3 Å². The molecule has 0 N–H and O–H groups in total. The highest BCUT2D eigenvalue weighted by atomic mass is 35.5. The number of fused-ring (bicyclic) bond motifs is 1. The molecule has 180 valence electrons. The summed E-state index contributed by atoms with van der Waals surface area (Å²) in [5.41, 5.74) is 1.95. The zero-order chi connectivity index (χ0) is 25.2. The summed E-state index contributed by atoms with van der Waals surface area (Å²) in [6, 6.07) is 22.2. The van der Waals surface area contributed by atoms with E-state index in [1.165, 1.54) is 23.1 Å². The first-order valence-electron chi connectivity index (χ1n) is 10.9. The van der Waals surface area contributed by atoms with Crippen molar-refractivity contribution >= 4 is 90.9 Å². The predicted octanol–water partition coefficient (Wildman–Crippen LogP) is 7.87. The molecule has 0 saturated carbocycles. The number of esters is 1. The summed E-state index contributed by atoms with van der Waals surface area (Å²) in [6.45, 7) is 0.535. The topological polar surface area (TPSA) is 46.6 Å². The number of nitrogens with zero attached hydrogens (tertiary/aromatic N) is 1. The zero-order valence-corrected chi connectivity index (χ0v) is 22.5. The number of carbonyl (C=O) groups excluding carboxylic acids is 2. The van der Waals surface area contributed by atoms with E-state index in [4.69, 9.17) is 40.2 Å². The second-order valence-corrected chi connectivity index (χ2v) is 11.5. The normalized spacial score (nSPS) is 14.7. The van der Waals surface area contributed by atoms with Gasteiger partial charge in [0, 0.05) is 21.7 Å². The van der Waals surface area contributed by atoms with Crippen molar-refractivity contribution < 1.29 is 14.3 Å². The summed E-state index contributed by atoms with van der Waals surface area (Å²) >= 11 is 20.4. The molecule has 9 heteroatoms. The molecular formula is C27H17Cl2NO3S3. The Hall–Kier alpha value is -2.68. The average molecular weight is 571 g/mol. The van der Waals surface area contributed by atoms with Crippen LogP contribution in [0.25, 0.3) is 16.2 Å². The van der Waals surface area contributed by atoms with Gasteiger partial charge in [0.2, 0.25) is 0 Å². The molecule has 0 unspecified atom stereocenters. The van der Waals surface area contributed by atoms with E-state index in [2.05, 4.69) is 0 Å². The van der Waals surface area contributed by atoms with Gasteiger partial charge in [0.05, 0.1) is 9.93 Å². The monoisotopic (exact) mass is 569 g/mol. The van der Waals surface area contributed by atoms with Gasteiger partial charge in [-0.3, -0.25) is 9.69 Å². The fraction of sp³-hybridized carbons (Fsp3) is 0.0741. The minimum Gasteiger partial charge on any atom is -0.422 e. The Labute approximate surface area is 231 Å². The Morgan fingerprint density at radius 3 is 2.53 bits per heavy atom. The number of thiocarbonyl (C=S) groups is 1. The SMILES string of the molecule is O=C(Oc1ccc(C=C2SC(=S)N(CCc3ccccc3)C2=O)cc1)c1sc2cc(Cl)ccc2c1Cl. The lowest BCUT2D eigenvalue weighted by atomic mass is 10.1. The van der Waals surface area contributed by atoms with Crippen molar-refractivity contribution in [1.82, 2.24) is 4.90 Å². The minimum absolute atomic E-state index is 0.101. The van der Waals surface area contributed by atoms with Crippen LogP contribution in [0.2, 0.25) is 10.0 Å². The van der Waals surface area contributed by atoms with Crippen molar-refractivity contribution in [2.24, 2.45) is 0 Å². The van der Waals surface area contributed by atoms with E-state index in [9.17, 15) is 9.59 Å². The molecule has 1 aromatic heterocycles. The van der Waals surface area contributed by atoms with Crippen molar-refractivity contribution in [2.75, 3.05) is 6.54 Å². The van der Waals surface area contributed by atoms with Gasteiger partial charge in [-0.1, -0.05) is 95.7 Å². The summed E-state index contributed by atoms with van der Waals surface area (Å²) < 4.78 is 6.89. The van der Waals surface area contributed by atoms with E-state index in [0.717, 1.165) is 27.6 Å². The van der Waals surface area contributed by atoms with E-state index in [-0.39, 0.29) is 5.91 Å². The first kappa shape index (κ1) is 25.0. The lowest BCUT2D eigenvalue weighted by Gasteiger charge is -2.14. The fourth-order valence-electron chi connectivity index (χ4n) is 3.69. The molecule has 0 atom stereocenters. The van der Waals surface area contributed by atoms with Crippen molar-refractivity contribution in [3.8, 4) is 5.75 Å². The van der Waals surface area contributed by atoms with E-state index >= 15 is 0 Å². The number of ether oxygens (including phenoxy) is 1. The number of thioether (sulfide) groups is 1. The molecule has 1 amide bonds. The molecule has 5 rings (SSSR count). The highest BCUT2D eigenvalue weighted by Crippen LogP contribution is 2.37. The maximum atomic E-state index is 12.9. The van der Waals surface area contributed by atoms with Gasteiger partial charge in [0.15, 0.2) is 0 Å². The summed E-state index contributed by atoms with van der Waals surface area (Å²) in [7, 11) is 0. The molecule has 2 heterocycles. The molecule has 1 saturated heterocycles. The van der Waals surface area contributed by atoms with Crippen molar-refractivity contribution in [2.45, 2.75) is 6.42 Å². The standard InChI is InChI=1S/C27H17Cl2NO3S3/c28-18-8-11-20-21(15-18)35-24(23(20)29)26(32)33-19-9-6-17(7-10-19)14-22-25(31)30(27(34)36-22)13-12-16-4-2-1-3-5-16/h1-11,14-15H,12-13H2. The van der Waals surface area contributed by atoms with E-state index in [1.54, 1.807) is 53.4 Å². The first-order chi connectivity index (χ1) is 17.4. The van der Waals surface area contributed by atoms with Crippen molar-refractivity contribution in [1.29, 1.82) is 0 Å². The third kappa shape index (κ3) is 5.36. The van der Waals surface area contributed by atoms with Crippen LogP contribution in [0.5, 0.6) is 5.75 Å². The molecule has 1 fully saturated rings. The van der Waals surface area contributed by atoms with Crippen LogP contribution < -0.4 is 4.74 Å². The smallest absolute Gasteiger partial charge is 0.355 e. The second-order valence-electron chi connectivity index (χ2n) is 7.91. The quantitative estimate of drug-likeness (QED) is 0.102. The largest absolute Gasteiger partial charge is 0.422 e. The molecule has 4 nitrogen and oxygen atoms in total. The van der Waals surface area contributed by atoms with Crippen LogP contribution in [0.1, 0.15) is 20.8 Å². The number of rotatable bonds is 6. The third-order valence-electron chi connectivity index (χ3n) is 5.51. The molecule has 1 aliphatic rings. The Morgan fingerprint density at radius 1 is 1.03 bits per heavy atom. The van der Waals surface area contributed by atoms with E-state index < -0.39 is 5.97 Å². The Morgan fingerprint density at radius 2 is 1.78 bits per heavy atom. The van der Waals surface area contributed by atoms with Crippen LogP contribution >= 0.6 is 58.5 Å². The van der Waals surface area contributed by atoms with Gasteiger partial charge in [0.25, 0.3) is 5.91 Å². The summed E-state index contributed by atoms with van der Waals surface area (Å²) in [4.78, 5) is 28.1. The summed E-state index contributed by atoms with van der Waals surface area (Å²) in [6.07, 6.45) is 2.53. The molecular weight excluding hydrogens is 553 g/mol. The van der Waals surface area contributed by atoms with Crippen LogP contribution in [0, 0.1) is 0 Å². The maximum absolute atomic E-state index is 12.9. The number of halogens is 2. The van der Waals surface area contributed by atoms with Crippen LogP contribution in [0.15, 0.2) is 77.7 Å². The number of hydrogen-bond donors (Lipinski definition) is 0. The second kappa shape index (κ2) is 10.7. The highest BCUT2D eigenvalue weighted by Gasteiger charge is 2.31. The van der Waals surface area contributed by atoms with Crippen LogP contribution in [0.4, 0.5) is 0 Å². The van der Waals surface area contributed by atoms with Crippen LogP contribution in [0.3, 0.4) is 0 Å². The highest BCUT2D eigenvalue weighted by molar-refractivity contribution is 8.26. The lowest BCUT2D eigenvalue weighted by Crippen LogP contribution is -2.30. The minimum atomic E-state index is -0.538. The van der Waals surface area contributed by atoms with Crippen LogP contribution in [-0.4, -0.2) is 27.6 Å². The van der Waals surface area contributed by atoms with E-state index in [0.29, 0.717) is 36.4 Å². The molecule has 3 aromatic carbocycles. The molecule has 0 bridgehead atoms. The average Bonchev–Trinajstić information content (AvgIpc) is 3.34. The Bertz CT molecular complexity index is 1510. The molecule has 4 aromatic rings. The van der Waals surface area contributed by atoms with Crippen molar-refractivity contribution in [3.63, 3.8) is 0 Å². The fourth-order valence-corrected chi connectivity index (χ4v) is 6.65. The molecule has 36 heavy (non-hydrogen) atoms. The summed E-state index contributed by atoms with van der Waals surface area (Å²) in [5.74, 6) is -0.264. The zero-order valence-electron chi connectivity index (χ0n) is 18.6. The van der Waals surface area contributed by atoms with Gasteiger partial charge in [-0.05, 0) is 47.9 Å². The summed E-state index contributed by atoms with van der Waals surface area (Å²) in [5, 5.41) is 1.68. The molecule has 0 radical (unpaired) electrons. The van der Waals surface area contributed by atoms with Gasteiger partial charge in [0.1, 0.15) is 14.9 Å². The van der Waals surface area contributed by atoms with Crippen LogP contribution in [-0.2, 0) is 11.2 Å². The lowest BCUT2D eigenvalue weighted by molar-refractivity contribution is -0.122. The predicted molar refractivity (Wildman–Crippen MR) is 153 cm³/mol. The van der Waals surface area contributed by atoms with Gasteiger partial charge < -0.3 is 4.74 Å². The third-order valence-corrected chi connectivity index (χ3v) is 8.76. The number of carbonyl (C=O) groups is 2.